The van der Waals surface area contributed by atoms with Crippen molar-refractivity contribution in [3.63, 3.8) is 0 Å². The quantitative estimate of drug-likeness (QED) is 0.692. The van der Waals surface area contributed by atoms with E-state index in [-0.39, 0.29) is 19.2 Å². The van der Waals surface area contributed by atoms with E-state index in [1.54, 1.807) is 27.7 Å². The van der Waals surface area contributed by atoms with E-state index in [0.29, 0.717) is 6.42 Å². The molecular formula is C13H26N2O5. The van der Waals surface area contributed by atoms with E-state index in [1.165, 1.54) is 7.11 Å². The Morgan fingerprint density at radius 1 is 1.15 bits per heavy atom. The highest BCUT2D eigenvalue weighted by molar-refractivity contribution is 5.77. The van der Waals surface area contributed by atoms with Crippen molar-refractivity contribution in [3.8, 4) is 0 Å². The van der Waals surface area contributed by atoms with Crippen molar-refractivity contribution in [1.29, 1.82) is 0 Å². The van der Waals surface area contributed by atoms with Gasteiger partial charge < -0.3 is 19.5 Å². The fraction of sp³-hybridized carbons (Fsp3) is 0.846. The molecule has 0 bridgehead atoms. The van der Waals surface area contributed by atoms with Gasteiger partial charge in [-0.1, -0.05) is 6.92 Å². The Morgan fingerprint density at radius 2 is 1.75 bits per heavy atom. The molecule has 0 aliphatic heterocycles. The first kappa shape index (κ1) is 18.7. The summed E-state index contributed by atoms with van der Waals surface area (Å²) in [5.41, 5.74) is -1.55. The second kappa shape index (κ2) is 8.06. The minimum atomic E-state index is -0.966. The predicted octanol–water partition coefficient (Wildman–Crippen LogP) is 1.37. The smallest absolute Gasteiger partial charge is 0.409 e. The maximum atomic E-state index is 11.7. The molecule has 1 unspecified atom stereocenters. The fourth-order valence-electron chi connectivity index (χ4n) is 1.17. The lowest BCUT2D eigenvalue weighted by Crippen LogP contribution is -2.50. The lowest BCUT2D eigenvalue weighted by molar-refractivity contribution is -0.136. The zero-order valence-corrected chi connectivity index (χ0v) is 13.2. The molecule has 0 fully saturated rings. The molecule has 0 saturated heterocycles. The molecule has 1 atom stereocenters. The van der Waals surface area contributed by atoms with Crippen molar-refractivity contribution >= 4 is 12.0 Å². The standard InChI is InChI=1S/C13H26N2O5/c1-7-13(5,15-11(17)20-12(2,3)4)19-8-10(16)14-9-18-6/h7-9H2,1-6H3,(H,14,16)(H,15,17). The molecule has 0 aromatic carbocycles. The first-order valence-corrected chi connectivity index (χ1v) is 6.52. The van der Waals surface area contributed by atoms with Gasteiger partial charge in [0.25, 0.3) is 0 Å². The number of hydrogen-bond acceptors (Lipinski definition) is 5. The van der Waals surface area contributed by atoms with E-state index in [9.17, 15) is 9.59 Å². The molecule has 7 heteroatoms. The van der Waals surface area contributed by atoms with Crippen molar-refractivity contribution in [2.75, 3.05) is 20.4 Å². The molecule has 0 aliphatic carbocycles. The van der Waals surface area contributed by atoms with Crippen molar-refractivity contribution < 1.29 is 23.8 Å². The number of methoxy groups -OCH3 is 1. The van der Waals surface area contributed by atoms with Gasteiger partial charge in [0.15, 0.2) is 0 Å². The zero-order valence-electron chi connectivity index (χ0n) is 13.2. The molecule has 2 amide bonds. The van der Waals surface area contributed by atoms with E-state index in [1.807, 2.05) is 6.92 Å². The monoisotopic (exact) mass is 290 g/mol. The third kappa shape index (κ3) is 8.71. The number of ether oxygens (including phenoxy) is 3. The minimum absolute atomic E-state index is 0.116. The number of nitrogens with one attached hydrogen (secondary N) is 2. The third-order valence-electron chi connectivity index (χ3n) is 2.38. The molecule has 0 aromatic rings. The van der Waals surface area contributed by atoms with Crippen LogP contribution in [0.5, 0.6) is 0 Å². The molecule has 118 valence electrons. The largest absolute Gasteiger partial charge is 0.444 e. The van der Waals surface area contributed by atoms with Crippen LogP contribution in [0, 0.1) is 0 Å². The van der Waals surface area contributed by atoms with Crippen LogP contribution in [0.25, 0.3) is 0 Å². The summed E-state index contributed by atoms with van der Waals surface area (Å²) in [6, 6.07) is 0. The Bertz CT molecular complexity index is 327. The molecule has 0 rings (SSSR count). The number of carbonyl (C=O) groups is 2. The summed E-state index contributed by atoms with van der Waals surface area (Å²) in [6.07, 6.45) is -0.0942. The van der Waals surface area contributed by atoms with Crippen LogP contribution in [-0.2, 0) is 19.0 Å². The topological polar surface area (TPSA) is 85.9 Å². The van der Waals surface area contributed by atoms with Crippen LogP contribution in [0.3, 0.4) is 0 Å². The van der Waals surface area contributed by atoms with Gasteiger partial charge in [0, 0.05) is 7.11 Å². The molecule has 0 aromatic heterocycles. The van der Waals surface area contributed by atoms with Crippen LogP contribution in [0.2, 0.25) is 0 Å². The maximum absolute atomic E-state index is 11.7. The van der Waals surface area contributed by atoms with Crippen LogP contribution >= 0.6 is 0 Å². The van der Waals surface area contributed by atoms with Crippen LogP contribution in [0.4, 0.5) is 4.79 Å². The Labute approximate surface area is 120 Å². The maximum Gasteiger partial charge on any atom is 0.409 e. The van der Waals surface area contributed by atoms with Gasteiger partial charge >= 0.3 is 6.09 Å². The Hall–Kier alpha value is -1.34. The lowest BCUT2D eigenvalue weighted by atomic mass is 10.2. The number of hydrogen-bond donors (Lipinski definition) is 2. The zero-order chi connectivity index (χ0) is 15.8. The van der Waals surface area contributed by atoms with E-state index < -0.39 is 17.4 Å². The molecular weight excluding hydrogens is 264 g/mol. The van der Waals surface area contributed by atoms with Crippen LogP contribution in [-0.4, -0.2) is 43.8 Å². The number of carbonyl (C=O) groups excluding carboxylic acids is 2. The van der Waals surface area contributed by atoms with Crippen molar-refractivity contribution in [1.82, 2.24) is 10.6 Å². The fourth-order valence-corrected chi connectivity index (χ4v) is 1.17. The Morgan fingerprint density at radius 3 is 2.20 bits per heavy atom. The first-order chi connectivity index (χ1) is 9.12. The highest BCUT2D eigenvalue weighted by Crippen LogP contribution is 2.13. The second-order valence-corrected chi connectivity index (χ2v) is 5.53. The van der Waals surface area contributed by atoms with Crippen molar-refractivity contribution in [2.45, 2.75) is 52.4 Å². The molecule has 7 nitrogen and oxygen atoms in total. The van der Waals surface area contributed by atoms with Gasteiger partial charge in [-0.05, 0) is 34.1 Å². The highest BCUT2D eigenvalue weighted by atomic mass is 16.6. The SMILES string of the molecule is CCC(C)(NC(=O)OC(C)(C)C)OCC(=O)NCOC. The Balaban J connectivity index is 4.32. The van der Waals surface area contributed by atoms with Gasteiger partial charge in [-0.15, -0.1) is 0 Å². The summed E-state index contributed by atoms with van der Waals surface area (Å²) < 4.78 is 15.3. The predicted molar refractivity (Wildman–Crippen MR) is 74.0 cm³/mol. The summed E-state index contributed by atoms with van der Waals surface area (Å²) in [5, 5.41) is 5.11. The average Bonchev–Trinajstić information content (AvgIpc) is 2.31. The number of rotatable bonds is 7. The molecule has 0 spiro atoms. The first-order valence-electron chi connectivity index (χ1n) is 6.52. The van der Waals surface area contributed by atoms with Gasteiger partial charge in [-0.2, -0.15) is 0 Å². The van der Waals surface area contributed by atoms with Crippen molar-refractivity contribution in [2.24, 2.45) is 0 Å². The van der Waals surface area contributed by atoms with Crippen molar-refractivity contribution in [3.05, 3.63) is 0 Å². The van der Waals surface area contributed by atoms with E-state index in [4.69, 9.17) is 14.2 Å². The van der Waals surface area contributed by atoms with Crippen LogP contribution in [0.15, 0.2) is 0 Å². The number of amides is 2. The summed E-state index contributed by atoms with van der Waals surface area (Å²) in [5.74, 6) is -0.322. The van der Waals surface area contributed by atoms with Gasteiger partial charge in [-0.3, -0.25) is 10.1 Å². The Kier molecular flexibility index (Phi) is 7.52. The summed E-state index contributed by atoms with van der Waals surface area (Å²) in [6.45, 7) is 8.78. The summed E-state index contributed by atoms with van der Waals surface area (Å²) >= 11 is 0. The molecule has 0 radical (unpaired) electrons. The van der Waals surface area contributed by atoms with Crippen LogP contribution < -0.4 is 10.6 Å². The normalized spacial score (nSPS) is 14.3. The summed E-state index contributed by atoms with van der Waals surface area (Å²) in [7, 11) is 1.47. The van der Waals surface area contributed by atoms with E-state index in [0.717, 1.165) is 0 Å². The lowest BCUT2D eigenvalue weighted by Gasteiger charge is -2.31. The van der Waals surface area contributed by atoms with E-state index in [2.05, 4.69) is 10.6 Å². The highest BCUT2D eigenvalue weighted by Gasteiger charge is 2.28. The molecule has 2 N–H and O–H groups in total. The molecule has 0 heterocycles. The number of alkyl carbamates (subject to hydrolysis) is 1. The molecule has 20 heavy (non-hydrogen) atoms. The third-order valence-corrected chi connectivity index (χ3v) is 2.38. The van der Waals surface area contributed by atoms with Gasteiger partial charge in [0.1, 0.15) is 24.7 Å². The van der Waals surface area contributed by atoms with Crippen LogP contribution in [0.1, 0.15) is 41.0 Å². The average molecular weight is 290 g/mol. The van der Waals surface area contributed by atoms with E-state index >= 15 is 0 Å². The van der Waals surface area contributed by atoms with Gasteiger partial charge in [0.2, 0.25) is 5.91 Å². The van der Waals surface area contributed by atoms with Gasteiger partial charge in [0.05, 0.1) is 0 Å². The molecule has 0 aliphatic rings. The second-order valence-electron chi connectivity index (χ2n) is 5.53. The minimum Gasteiger partial charge on any atom is -0.444 e. The van der Waals surface area contributed by atoms with Gasteiger partial charge in [-0.25, -0.2) is 4.79 Å². The summed E-state index contributed by atoms with van der Waals surface area (Å²) in [4.78, 5) is 23.1. The molecule has 0 saturated carbocycles.